The van der Waals surface area contributed by atoms with Crippen molar-refractivity contribution >= 4 is 5.91 Å². The zero-order valence-corrected chi connectivity index (χ0v) is 13.2. The third-order valence-corrected chi connectivity index (χ3v) is 4.35. The van der Waals surface area contributed by atoms with E-state index in [-0.39, 0.29) is 17.8 Å². The minimum Gasteiger partial charge on any atom is -0.349 e. The summed E-state index contributed by atoms with van der Waals surface area (Å²) in [6, 6.07) is 6.66. The Kier molecular flexibility index (Phi) is 4.71. The van der Waals surface area contributed by atoms with Crippen LogP contribution in [0, 0.1) is 5.82 Å². The van der Waals surface area contributed by atoms with Crippen molar-refractivity contribution in [3.63, 3.8) is 0 Å². The third-order valence-electron chi connectivity index (χ3n) is 4.35. The smallest absolute Gasteiger partial charge is 0.269 e. The molecule has 0 saturated carbocycles. The summed E-state index contributed by atoms with van der Waals surface area (Å²) in [5.74, 6) is -0.412. The van der Waals surface area contributed by atoms with Gasteiger partial charge in [-0.3, -0.25) is 9.69 Å². The largest absolute Gasteiger partial charge is 0.349 e. The van der Waals surface area contributed by atoms with E-state index in [9.17, 15) is 9.18 Å². The number of carbonyl (C=O) groups excluding carboxylic acids is 1. The molecule has 0 aliphatic carbocycles. The lowest BCUT2D eigenvalue weighted by Gasteiger charge is -2.28. The minimum atomic E-state index is -0.223. The van der Waals surface area contributed by atoms with E-state index in [0.717, 1.165) is 25.9 Å². The number of imidazole rings is 1. The number of halogens is 1. The average molecular weight is 316 g/mol. The molecule has 0 bridgehead atoms. The molecule has 3 rings (SSSR count). The van der Waals surface area contributed by atoms with Crippen molar-refractivity contribution in [2.24, 2.45) is 7.05 Å². The van der Waals surface area contributed by atoms with Gasteiger partial charge in [0.05, 0.1) is 18.6 Å². The molecule has 0 radical (unpaired) electrons. The molecular formula is C17H21FN4O. The Bertz CT molecular complexity index is 679. The van der Waals surface area contributed by atoms with Gasteiger partial charge in [-0.1, -0.05) is 18.2 Å². The summed E-state index contributed by atoms with van der Waals surface area (Å²) < 4.78 is 15.9. The summed E-state index contributed by atoms with van der Waals surface area (Å²) >= 11 is 0. The van der Waals surface area contributed by atoms with Crippen LogP contribution in [0.15, 0.2) is 36.8 Å². The number of rotatable bonds is 5. The van der Waals surface area contributed by atoms with Gasteiger partial charge < -0.3 is 9.88 Å². The van der Waals surface area contributed by atoms with E-state index in [1.807, 2.05) is 6.07 Å². The molecule has 1 N–H and O–H groups in total. The maximum Gasteiger partial charge on any atom is 0.269 e. The molecule has 1 saturated heterocycles. The van der Waals surface area contributed by atoms with Gasteiger partial charge in [-0.15, -0.1) is 0 Å². The van der Waals surface area contributed by atoms with Crippen molar-refractivity contribution in [1.29, 1.82) is 0 Å². The Balaban J connectivity index is 1.75. The first-order chi connectivity index (χ1) is 11.2. The van der Waals surface area contributed by atoms with Crippen LogP contribution in [0.5, 0.6) is 0 Å². The zero-order valence-electron chi connectivity index (χ0n) is 13.2. The van der Waals surface area contributed by atoms with E-state index in [2.05, 4.69) is 15.2 Å². The van der Waals surface area contributed by atoms with Gasteiger partial charge >= 0.3 is 0 Å². The van der Waals surface area contributed by atoms with Crippen molar-refractivity contribution in [2.75, 3.05) is 19.6 Å². The molecule has 23 heavy (non-hydrogen) atoms. The first-order valence-electron chi connectivity index (χ1n) is 7.90. The molecule has 0 spiro atoms. The van der Waals surface area contributed by atoms with Crippen molar-refractivity contribution in [3.8, 4) is 0 Å². The zero-order chi connectivity index (χ0) is 16.2. The molecular weight excluding hydrogens is 295 g/mol. The maximum absolute atomic E-state index is 14.2. The lowest BCUT2D eigenvalue weighted by Crippen LogP contribution is -2.37. The second-order valence-corrected chi connectivity index (χ2v) is 5.88. The fraction of sp³-hybridized carbons (Fsp3) is 0.412. The van der Waals surface area contributed by atoms with Crippen molar-refractivity contribution in [3.05, 3.63) is 53.9 Å². The standard InChI is InChI=1S/C17H21FN4O/c1-21-12-19-10-16(21)17(23)20-11-15(22-8-4-5-9-22)13-6-2-3-7-14(13)18/h2-3,6-7,10,12,15H,4-5,8-9,11H2,1H3,(H,20,23)/t15-/m0/s1. The summed E-state index contributed by atoms with van der Waals surface area (Å²) in [6.45, 7) is 2.24. The number of hydrogen-bond acceptors (Lipinski definition) is 3. The number of amides is 1. The van der Waals surface area contributed by atoms with Crippen LogP contribution in [0.3, 0.4) is 0 Å². The highest BCUT2D eigenvalue weighted by atomic mass is 19.1. The van der Waals surface area contributed by atoms with Crippen LogP contribution < -0.4 is 5.32 Å². The number of aromatic nitrogens is 2. The molecule has 1 atom stereocenters. The average Bonchev–Trinajstić information content (AvgIpc) is 3.20. The second-order valence-electron chi connectivity index (χ2n) is 5.88. The van der Waals surface area contributed by atoms with E-state index >= 15 is 0 Å². The molecule has 1 amide bonds. The SMILES string of the molecule is Cn1cncc1C(=O)NC[C@@H](c1ccccc1F)N1CCCC1. The van der Waals surface area contributed by atoms with Crippen LogP contribution in [0.2, 0.25) is 0 Å². The number of hydrogen-bond donors (Lipinski definition) is 1. The Hall–Kier alpha value is -2.21. The number of carbonyl (C=O) groups is 1. The molecule has 1 aromatic heterocycles. The Labute approximate surface area is 135 Å². The van der Waals surface area contributed by atoms with Crippen molar-refractivity contribution in [1.82, 2.24) is 19.8 Å². The number of likely N-dealkylation sites (tertiary alicyclic amines) is 1. The van der Waals surface area contributed by atoms with Crippen molar-refractivity contribution < 1.29 is 9.18 Å². The first-order valence-corrected chi connectivity index (χ1v) is 7.90. The first kappa shape index (κ1) is 15.7. The van der Waals surface area contributed by atoms with Crippen LogP contribution >= 0.6 is 0 Å². The summed E-state index contributed by atoms with van der Waals surface area (Å²) in [7, 11) is 1.77. The van der Waals surface area contributed by atoms with Crippen molar-refractivity contribution in [2.45, 2.75) is 18.9 Å². The predicted molar refractivity (Wildman–Crippen MR) is 85.5 cm³/mol. The van der Waals surface area contributed by atoms with Gasteiger partial charge in [0.25, 0.3) is 5.91 Å². The van der Waals surface area contributed by atoms with E-state index in [4.69, 9.17) is 0 Å². The summed E-state index contributed by atoms with van der Waals surface area (Å²) in [4.78, 5) is 18.5. The third kappa shape index (κ3) is 3.42. The van der Waals surface area contributed by atoms with Crippen LogP contribution in [-0.2, 0) is 7.05 Å². The molecule has 1 aliphatic heterocycles. The van der Waals surface area contributed by atoms with Gasteiger partial charge in [0, 0.05) is 19.2 Å². The Morgan fingerprint density at radius 2 is 2.09 bits per heavy atom. The topological polar surface area (TPSA) is 50.2 Å². The normalized spacial score (nSPS) is 16.4. The molecule has 1 fully saturated rings. The van der Waals surface area contributed by atoms with Gasteiger partial charge in [-0.05, 0) is 32.0 Å². The molecule has 2 heterocycles. The molecule has 5 nitrogen and oxygen atoms in total. The minimum absolute atomic E-state index is 0.143. The highest BCUT2D eigenvalue weighted by molar-refractivity contribution is 5.92. The lowest BCUT2D eigenvalue weighted by molar-refractivity contribution is 0.0929. The quantitative estimate of drug-likeness (QED) is 0.919. The highest BCUT2D eigenvalue weighted by Gasteiger charge is 2.26. The van der Waals surface area contributed by atoms with Crippen LogP contribution in [0.1, 0.15) is 34.9 Å². The van der Waals surface area contributed by atoms with Gasteiger partial charge in [0.1, 0.15) is 11.5 Å². The van der Waals surface area contributed by atoms with E-state index in [1.165, 1.54) is 12.3 Å². The Morgan fingerprint density at radius 3 is 2.74 bits per heavy atom. The lowest BCUT2D eigenvalue weighted by atomic mass is 10.0. The second kappa shape index (κ2) is 6.91. The summed E-state index contributed by atoms with van der Waals surface area (Å²) in [6.07, 6.45) is 5.34. The molecule has 2 aromatic rings. The fourth-order valence-electron chi connectivity index (χ4n) is 3.09. The number of benzene rings is 1. The summed E-state index contributed by atoms with van der Waals surface area (Å²) in [5.41, 5.74) is 1.14. The van der Waals surface area contributed by atoms with Crippen LogP contribution in [-0.4, -0.2) is 40.0 Å². The molecule has 1 aromatic carbocycles. The van der Waals surface area contributed by atoms with Crippen LogP contribution in [0.4, 0.5) is 4.39 Å². The maximum atomic E-state index is 14.2. The fourth-order valence-corrected chi connectivity index (χ4v) is 3.09. The number of nitrogens with zero attached hydrogens (tertiary/aromatic N) is 3. The number of nitrogens with one attached hydrogen (secondary N) is 1. The van der Waals surface area contributed by atoms with Gasteiger partial charge in [0.15, 0.2) is 0 Å². The monoisotopic (exact) mass is 316 g/mol. The van der Waals surface area contributed by atoms with E-state index in [0.29, 0.717) is 17.8 Å². The summed E-state index contributed by atoms with van der Waals surface area (Å²) in [5, 5.41) is 2.92. The van der Waals surface area contributed by atoms with Gasteiger partial charge in [0.2, 0.25) is 0 Å². The Morgan fingerprint density at radius 1 is 1.35 bits per heavy atom. The van der Waals surface area contributed by atoms with E-state index < -0.39 is 0 Å². The number of aryl methyl sites for hydroxylation is 1. The van der Waals surface area contributed by atoms with Gasteiger partial charge in [-0.25, -0.2) is 9.37 Å². The van der Waals surface area contributed by atoms with Crippen LogP contribution in [0.25, 0.3) is 0 Å². The molecule has 122 valence electrons. The molecule has 1 aliphatic rings. The highest BCUT2D eigenvalue weighted by Crippen LogP contribution is 2.26. The van der Waals surface area contributed by atoms with Gasteiger partial charge in [-0.2, -0.15) is 0 Å². The van der Waals surface area contributed by atoms with E-state index in [1.54, 1.807) is 30.1 Å². The molecule has 0 unspecified atom stereocenters. The predicted octanol–water partition coefficient (Wildman–Crippen LogP) is 2.13. The molecule has 6 heteroatoms.